The van der Waals surface area contributed by atoms with Gasteiger partial charge >= 0.3 is 6.07 Å². The van der Waals surface area contributed by atoms with Crippen LogP contribution in [-0.4, -0.2) is 0 Å². The predicted molar refractivity (Wildman–Crippen MR) is 55.9 cm³/mol. The molecule has 0 amide bonds. The molecule has 0 N–H and O–H groups in total. The molecular formula is C8H9Cl2O2P. The van der Waals surface area contributed by atoms with Gasteiger partial charge in [0.1, 0.15) is 5.75 Å². The van der Waals surface area contributed by atoms with Gasteiger partial charge in [-0.15, -0.1) is 0 Å². The van der Waals surface area contributed by atoms with E-state index in [4.69, 9.17) is 27.0 Å². The Labute approximate surface area is 86.8 Å². The van der Waals surface area contributed by atoms with Crippen molar-refractivity contribution in [1.82, 2.24) is 0 Å². The molecule has 0 radical (unpaired) electrons. The minimum Gasteiger partial charge on any atom is -0.422 e. The Morgan fingerprint density at radius 2 is 1.69 bits per heavy atom. The van der Waals surface area contributed by atoms with Crippen LogP contribution >= 0.6 is 28.6 Å². The molecule has 0 aromatic heterocycles. The quantitative estimate of drug-likeness (QED) is 0.720. The Hall–Kier alpha value is -0.170. The minimum absolute atomic E-state index is 0.496. The highest BCUT2D eigenvalue weighted by molar-refractivity contribution is 8.05. The molecule has 1 aromatic carbocycles. The van der Waals surface area contributed by atoms with Crippen molar-refractivity contribution >= 4 is 28.6 Å². The fourth-order valence-electron chi connectivity index (χ4n) is 1.05. The Bertz CT molecular complexity index is 339. The molecule has 0 atom stereocenters. The highest BCUT2D eigenvalue weighted by Crippen LogP contribution is 2.57. The van der Waals surface area contributed by atoms with Crippen molar-refractivity contribution in [3.63, 3.8) is 0 Å². The minimum atomic E-state index is -3.50. The molecule has 1 rings (SSSR count). The average molecular weight is 239 g/mol. The van der Waals surface area contributed by atoms with Gasteiger partial charge in [0.15, 0.2) is 0 Å². The molecule has 0 fully saturated rings. The van der Waals surface area contributed by atoms with E-state index in [-0.39, 0.29) is 0 Å². The van der Waals surface area contributed by atoms with Crippen molar-refractivity contribution in [2.45, 2.75) is 13.8 Å². The van der Waals surface area contributed by atoms with E-state index in [1.165, 1.54) is 0 Å². The summed E-state index contributed by atoms with van der Waals surface area (Å²) in [4.78, 5) is 0. The van der Waals surface area contributed by atoms with Crippen LogP contribution < -0.4 is 4.52 Å². The monoisotopic (exact) mass is 238 g/mol. The van der Waals surface area contributed by atoms with Crippen molar-refractivity contribution < 1.29 is 9.09 Å². The summed E-state index contributed by atoms with van der Waals surface area (Å²) in [6, 6.07) is 5.56. The predicted octanol–water partition coefficient (Wildman–Crippen LogP) is 4.27. The SMILES string of the molecule is Cc1cccc(C)c1OP(=O)(Cl)Cl. The summed E-state index contributed by atoms with van der Waals surface area (Å²) in [5, 5.41) is 0. The standard InChI is InChI=1S/C8H9Cl2O2P/c1-6-4-3-5-7(2)8(6)12-13(9,10)11/h3-5H,1-2H3. The summed E-state index contributed by atoms with van der Waals surface area (Å²) >= 11 is 10.6. The Balaban J connectivity index is 3.07. The first-order chi connectivity index (χ1) is 5.90. The van der Waals surface area contributed by atoms with Crippen LogP contribution in [0.1, 0.15) is 11.1 Å². The largest absolute Gasteiger partial charge is 0.428 e. The van der Waals surface area contributed by atoms with Gasteiger partial charge in [0, 0.05) is 22.5 Å². The Kier molecular flexibility index (Phi) is 3.28. The maximum Gasteiger partial charge on any atom is 0.428 e. The lowest BCUT2D eigenvalue weighted by atomic mass is 10.1. The number of halogens is 2. The summed E-state index contributed by atoms with van der Waals surface area (Å²) in [6.45, 7) is 3.68. The normalized spacial score (nSPS) is 11.4. The molecule has 0 aliphatic carbocycles. The zero-order valence-corrected chi connectivity index (χ0v) is 9.66. The van der Waals surface area contributed by atoms with Gasteiger partial charge in [-0.2, -0.15) is 0 Å². The molecule has 2 nitrogen and oxygen atoms in total. The number of para-hydroxylation sites is 1. The third-order valence-electron chi connectivity index (χ3n) is 1.61. The van der Waals surface area contributed by atoms with Gasteiger partial charge in [-0.05, 0) is 25.0 Å². The lowest BCUT2D eigenvalue weighted by molar-refractivity contribution is 0.509. The van der Waals surface area contributed by atoms with Gasteiger partial charge in [0.25, 0.3) is 0 Å². The van der Waals surface area contributed by atoms with Gasteiger partial charge in [-0.25, -0.2) is 4.57 Å². The van der Waals surface area contributed by atoms with Crippen LogP contribution in [0, 0.1) is 13.8 Å². The van der Waals surface area contributed by atoms with E-state index in [1.807, 2.05) is 32.0 Å². The second-order valence-electron chi connectivity index (χ2n) is 2.73. The molecule has 13 heavy (non-hydrogen) atoms. The summed E-state index contributed by atoms with van der Waals surface area (Å²) in [5.41, 5.74) is 1.73. The molecule has 0 unspecified atom stereocenters. The lowest BCUT2D eigenvalue weighted by Gasteiger charge is -2.11. The highest BCUT2D eigenvalue weighted by atomic mass is 35.9. The molecule has 0 saturated carbocycles. The molecule has 1 aromatic rings. The van der Waals surface area contributed by atoms with Crippen LogP contribution in [0.25, 0.3) is 0 Å². The van der Waals surface area contributed by atoms with Gasteiger partial charge in [-0.3, -0.25) is 0 Å². The van der Waals surface area contributed by atoms with E-state index >= 15 is 0 Å². The molecule has 0 aliphatic heterocycles. The van der Waals surface area contributed by atoms with Gasteiger partial charge in [0.05, 0.1) is 0 Å². The second kappa shape index (κ2) is 3.91. The van der Waals surface area contributed by atoms with Gasteiger partial charge in [-0.1, -0.05) is 18.2 Å². The van der Waals surface area contributed by atoms with Gasteiger partial charge in [0.2, 0.25) is 0 Å². The Morgan fingerprint density at radius 3 is 2.08 bits per heavy atom. The number of hydrogen-bond acceptors (Lipinski definition) is 2. The van der Waals surface area contributed by atoms with Crippen LogP contribution in [0.4, 0.5) is 0 Å². The van der Waals surface area contributed by atoms with Crippen molar-refractivity contribution in [3.05, 3.63) is 29.3 Å². The summed E-state index contributed by atoms with van der Waals surface area (Å²) in [7, 11) is 0. The fraction of sp³-hybridized carbons (Fsp3) is 0.250. The number of benzene rings is 1. The summed E-state index contributed by atoms with van der Waals surface area (Å²) in [6.07, 6.45) is -3.50. The van der Waals surface area contributed by atoms with E-state index in [1.54, 1.807) is 0 Å². The van der Waals surface area contributed by atoms with E-state index in [0.717, 1.165) is 11.1 Å². The summed E-state index contributed by atoms with van der Waals surface area (Å²) < 4.78 is 15.9. The molecule has 72 valence electrons. The maximum absolute atomic E-state index is 11.0. The topological polar surface area (TPSA) is 26.3 Å². The maximum atomic E-state index is 11.0. The molecule has 0 saturated heterocycles. The first-order valence-corrected chi connectivity index (χ1v) is 7.09. The van der Waals surface area contributed by atoms with Crippen molar-refractivity contribution in [3.8, 4) is 5.75 Å². The smallest absolute Gasteiger partial charge is 0.422 e. The molecule has 5 heteroatoms. The molecule has 0 aliphatic rings. The van der Waals surface area contributed by atoms with Crippen LogP contribution in [-0.2, 0) is 4.57 Å². The van der Waals surface area contributed by atoms with E-state index in [2.05, 4.69) is 0 Å². The first kappa shape index (κ1) is 10.9. The lowest BCUT2D eigenvalue weighted by Crippen LogP contribution is -1.89. The van der Waals surface area contributed by atoms with E-state index in [0.29, 0.717) is 5.75 Å². The van der Waals surface area contributed by atoms with Crippen molar-refractivity contribution in [2.75, 3.05) is 0 Å². The first-order valence-electron chi connectivity index (χ1n) is 3.65. The molecule has 0 spiro atoms. The van der Waals surface area contributed by atoms with Crippen LogP contribution in [0.3, 0.4) is 0 Å². The van der Waals surface area contributed by atoms with Crippen LogP contribution in [0.5, 0.6) is 5.75 Å². The number of hydrogen-bond donors (Lipinski definition) is 0. The van der Waals surface area contributed by atoms with Crippen LogP contribution in [0.2, 0.25) is 0 Å². The molecule has 0 heterocycles. The Morgan fingerprint density at radius 1 is 1.23 bits per heavy atom. The fourth-order valence-corrected chi connectivity index (χ4v) is 1.96. The van der Waals surface area contributed by atoms with Gasteiger partial charge < -0.3 is 4.52 Å². The number of rotatable bonds is 2. The summed E-state index contributed by atoms with van der Waals surface area (Å²) in [5.74, 6) is 0.496. The highest BCUT2D eigenvalue weighted by Gasteiger charge is 2.18. The zero-order chi connectivity index (χ0) is 10.1. The third-order valence-corrected chi connectivity index (χ3v) is 2.42. The van der Waals surface area contributed by atoms with E-state index in [9.17, 15) is 4.57 Å². The molecular weight excluding hydrogens is 230 g/mol. The average Bonchev–Trinajstić information content (AvgIpc) is 1.95. The second-order valence-corrected chi connectivity index (χ2v) is 6.93. The third kappa shape index (κ3) is 3.22. The van der Waals surface area contributed by atoms with Crippen molar-refractivity contribution in [2.24, 2.45) is 0 Å². The van der Waals surface area contributed by atoms with Crippen LogP contribution in [0.15, 0.2) is 18.2 Å². The molecule has 0 bridgehead atoms. The van der Waals surface area contributed by atoms with E-state index < -0.39 is 6.07 Å². The van der Waals surface area contributed by atoms with Crippen molar-refractivity contribution in [1.29, 1.82) is 0 Å². The number of aryl methyl sites for hydroxylation is 2. The zero-order valence-electron chi connectivity index (χ0n) is 7.25.